The first-order valence-electron chi connectivity index (χ1n) is 9.00. The second kappa shape index (κ2) is 7.30. The molecule has 2 saturated heterocycles. The van der Waals surface area contributed by atoms with Gasteiger partial charge in [0.2, 0.25) is 0 Å². The lowest BCUT2D eigenvalue weighted by molar-refractivity contribution is -0.197. The third-order valence-electron chi connectivity index (χ3n) is 6.07. The summed E-state index contributed by atoms with van der Waals surface area (Å²) in [5.41, 5.74) is 1.63. The van der Waals surface area contributed by atoms with Gasteiger partial charge in [-0.05, 0) is 25.5 Å². The van der Waals surface area contributed by atoms with Crippen LogP contribution in [0.5, 0.6) is 0 Å². The Labute approximate surface area is 151 Å². The Morgan fingerprint density at radius 2 is 1.42 bits per heavy atom. The van der Waals surface area contributed by atoms with E-state index in [-0.39, 0.29) is 23.7 Å². The molecular formula is C19H29ClN2O2. The van der Waals surface area contributed by atoms with Gasteiger partial charge in [0.05, 0.1) is 13.2 Å². The van der Waals surface area contributed by atoms with Crippen molar-refractivity contribution in [1.82, 2.24) is 9.80 Å². The topological polar surface area (TPSA) is 24.9 Å². The lowest BCUT2D eigenvalue weighted by atomic mass is 9.72. The number of ether oxygens (including phenoxy) is 2. The van der Waals surface area contributed by atoms with Gasteiger partial charge in [-0.3, -0.25) is 4.90 Å². The summed E-state index contributed by atoms with van der Waals surface area (Å²) in [4.78, 5) is 5.16. The maximum absolute atomic E-state index is 5.97. The molecule has 4 rings (SSSR count). The van der Waals surface area contributed by atoms with E-state index < -0.39 is 0 Å². The predicted octanol–water partition coefficient (Wildman–Crippen LogP) is 2.87. The third kappa shape index (κ3) is 3.23. The molecule has 3 aliphatic rings. The summed E-state index contributed by atoms with van der Waals surface area (Å²) in [6, 6.07) is 11.1. The van der Waals surface area contributed by atoms with Crippen molar-refractivity contribution in [1.29, 1.82) is 0 Å². The summed E-state index contributed by atoms with van der Waals surface area (Å²) in [6.07, 6.45) is 4.27. The van der Waals surface area contributed by atoms with E-state index in [0.29, 0.717) is 0 Å². The van der Waals surface area contributed by atoms with Gasteiger partial charge >= 0.3 is 0 Å². The van der Waals surface area contributed by atoms with Gasteiger partial charge in [-0.25, -0.2) is 0 Å². The number of piperazine rings is 1. The summed E-state index contributed by atoms with van der Waals surface area (Å²) in [7, 11) is 2.22. The van der Waals surface area contributed by atoms with E-state index >= 15 is 0 Å². The van der Waals surface area contributed by atoms with E-state index in [1.807, 2.05) is 0 Å². The Bertz CT molecular complexity index is 515. The number of likely N-dealkylation sites (N-methyl/N-ethyl adjacent to an activating group) is 1. The van der Waals surface area contributed by atoms with Crippen LogP contribution in [0.3, 0.4) is 0 Å². The molecule has 1 aromatic rings. The monoisotopic (exact) mass is 352 g/mol. The largest absolute Gasteiger partial charge is 0.348 e. The Hall–Kier alpha value is -0.650. The fraction of sp³-hybridized carbons (Fsp3) is 0.684. The average molecular weight is 353 g/mol. The van der Waals surface area contributed by atoms with Crippen molar-refractivity contribution in [2.45, 2.75) is 37.0 Å². The van der Waals surface area contributed by atoms with E-state index in [2.05, 4.69) is 47.2 Å². The molecule has 5 heteroatoms. The second-order valence-corrected chi connectivity index (χ2v) is 7.30. The molecular weight excluding hydrogens is 324 g/mol. The number of hydrogen-bond acceptors (Lipinski definition) is 4. The summed E-state index contributed by atoms with van der Waals surface area (Å²) in [6.45, 7) is 6.14. The summed E-state index contributed by atoms with van der Waals surface area (Å²) < 4.78 is 11.9. The quantitative estimate of drug-likeness (QED) is 0.817. The number of rotatable bonds is 2. The summed E-state index contributed by atoms with van der Waals surface area (Å²) >= 11 is 0. The minimum absolute atomic E-state index is 0. The van der Waals surface area contributed by atoms with Crippen molar-refractivity contribution in [2.24, 2.45) is 0 Å². The lowest BCUT2D eigenvalue weighted by Crippen LogP contribution is -2.57. The van der Waals surface area contributed by atoms with Crippen molar-refractivity contribution in [2.75, 3.05) is 46.4 Å². The van der Waals surface area contributed by atoms with Crippen LogP contribution < -0.4 is 0 Å². The van der Waals surface area contributed by atoms with Gasteiger partial charge in [0.1, 0.15) is 0 Å². The van der Waals surface area contributed by atoms with Crippen LogP contribution >= 0.6 is 12.4 Å². The Morgan fingerprint density at radius 1 is 0.833 bits per heavy atom. The summed E-state index contributed by atoms with van der Waals surface area (Å²) in [5, 5.41) is 0. The lowest BCUT2D eigenvalue weighted by Gasteiger charge is -2.52. The van der Waals surface area contributed by atoms with E-state index in [1.54, 1.807) is 0 Å². The normalized spacial score (nSPS) is 27.0. The van der Waals surface area contributed by atoms with Gasteiger partial charge in [-0.1, -0.05) is 30.3 Å². The zero-order valence-electron chi connectivity index (χ0n) is 14.6. The fourth-order valence-electron chi connectivity index (χ4n) is 4.60. The van der Waals surface area contributed by atoms with Crippen LogP contribution in [0.2, 0.25) is 0 Å². The minimum atomic E-state index is -0.287. The van der Waals surface area contributed by atoms with Crippen LogP contribution in [0.25, 0.3) is 0 Å². The Balaban J connectivity index is 0.00000169. The van der Waals surface area contributed by atoms with Crippen LogP contribution in [0.15, 0.2) is 30.3 Å². The molecule has 0 radical (unpaired) electrons. The van der Waals surface area contributed by atoms with Crippen molar-refractivity contribution in [3.8, 4) is 0 Å². The van der Waals surface area contributed by atoms with Crippen molar-refractivity contribution < 1.29 is 9.47 Å². The Morgan fingerprint density at radius 3 is 2.00 bits per heavy atom. The van der Waals surface area contributed by atoms with E-state index in [4.69, 9.17) is 9.47 Å². The predicted molar refractivity (Wildman–Crippen MR) is 97.5 cm³/mol. The highest BCUT2D eigenvalue weighted by Gasteiger charge is 2.49. The molecule has 4 nitrogen and oxygen atoms in total. The molecule has 0 unspecified atom stereocenters. The molecule has 0 aromatic heterocycles. The molecule has 24 heavy (non-hydrogen) atoms. The van der Waals surface area contributed by atoms with Gasteiger partial charge in [-0.2, -0.15) is 0 Å². The molecule has 0 bridgehead atoms. The molecule has 2 heterocycles. The van der Waals surface area contributed by atoms with E-state index in [0.717, 1.165) is 65.1 Å². The molecule has 1 aliphatic carbocycles. The first-order valence-corrected chi connectivity index (χ1v) is 9.00. The highest BCUT2D eigenvalue weighted by molar-refractivity contribution is 5.85. The molecule has 1 aromatic carbocycles. The van der Waals surface area contributed by atoms with Crippen LogP contribution in [0.1, 0.15) is 31.2 Å². The van der Waals surface area contributed by atoms with Crippen molar-refractivity contribution >= 4 is 12.4 Å². The molecule has 0 N–H and O–H groups in total. The molecule has 0 atom stereocenters. The van der Waals surface area contributed by atoms with E-state index in [9.17, 15) is 0 Å². The molecule has 1 saturated carbocycles. The maximum atomic E-state index is 5.97. The van der Waals surface area contributed by atoms with Gasteiger partial charge < -0.3 is 14.4 Å². The number of nitrogens with zero attached hydrogens (tertiary/aromatic N) is 2. The van der Waals surface area contributed by atoms with E-state index in [1.165, 1.54) is 5.56 Å². The number of benzene rings is 1. The van der Waals surface area contributed by atoms with Crippen molar-refractivity contribution in [3.63, 3.8) is 0 Å². The van der Waals surface area contributed by atoms with Gasteiger partial charge in [-0.15, -0.1) is 12.4 Å². The highest BCUT2D eigenvalue weighted by Crippen LogP contribution is 2.48. The van der Waals surface area contributed by atoms with Crippen molar-refractivity contribution in [3.05, 3.63) is 35.9 Å². The smallest absolute Gasteiger partial charge is 0.168 e. The van der Waals surface area contributed by atoms with Crippen LogP contribution in [0.4, 0.5) is 0 Å². The van der Waals surface area contributed by atoms with Crippen LogP contribution in [0, 0.1) is 0 Å². The highest BCUT2D eigenvalue weighted by atomic mass is 35.5. The third-order valence-corrected chi connectivity index (χ3v) is 6.07. The zero-order valence-corrected chi connectivity index (χ0v) is 15.4. The first kappa shape index (κ1) is 18.2. The first-order chi connectivity index (χ1) is 11.2. The standard InChI is InChI=1S/C19H28N2O2.ClH/c1-20-11-13-21(14-12-20)18(17-5-3-2-4-6-17)7-9-19(10-8-18)22-15-16-23-19;/h2-6H,7-16H2,1H3;1H. The van der Waals surface area contributed by atoms with Crippen LogP contribution in [-0.4, -0.2) is 62.0 Å². The van der Waals surface area contributed by atoms with Gasteiger partial charge in [0.15, 0.2) is 5.79 Å². The van der Waals surface area contributed by atoms with Gasteiger partial charge in [0, 0.05) is 44.6 Å². The molecule has 1 spiro atoms. The number of halogens is 1. The average Bonchev–Trinajstić information content (AvgIpc) is 3.06. The second-order valence-electron chi connectivity index (χ2n) is 7.30. The molecule has 3 fully saturated rings. The SMILES string of the molecule is CN1CCN(C2(c3ccccc3)CCC3(CC2)OCCO3)CC1.Cl. The molecule has 134 valence electrons. The fourth-order valence-corrected chi connectivity index (χ4v) is 4.60. The van der Waals surface area contributed by atoms with Crippen LogP contribution in [-0.2, 0) is 15.0 Å². The molecule has 0 amide bonds. The molecule has 2 aliphatic heterocycles. The zero-order chi connectivity index (χ0) is 15.8. The Kier molecular flexibility index (Phi) is 5.52. The number of hydrogen-bond donors (Lipinski definition) is 0. The van der Waals surface area contributed by atoms with Gasteiger partial charge in [0.25, 0.3) is 0 Å². The maximum Gasteiger partial charge on any atom is 0.168 e. The summed E-state index contributed by atoms with van der Waals surface area (Å²) in [5.74, 6) is -0.287. The minimum Gasteiger partial charge on any atom is -0.348 e.